The maximum Gasteiger partial charge on any atom is 0.230 e. The van der Waals surface area contributed by atoms with Gasteiger partial charge in [-0.15, -0.1) is 0 Å². The summed E-state index contributed by atoms with van der Waals surface area (Å²) in [6.45, 7) is 2.63. The lowest BCUT2D eigenvalue weighted by Crippen LogP contribution is -2.48. The van der Waals surface area contributed by atoms with Crippen molar-refractivity contribution in [2.24, 2.45) is 5.41 Å². The maximum absolute atomic E-state index is 12.6. The van der Waals surface area contributed by atoms with Gasteiger partial charge >= 0.3 is 0 Å². The maximum atomic E-state index is 12.6. The van der Waals surface area contributed by atoms with Crippen LogP contribution in [0.2, 0.25) is 0 Å². The summed E-state index contributed by atoms with van der Waals surface area (Å²) in [4.78, 5) is 21.6. The van der Waals surface area contributed by atoms with Gasteiger partial charge in [0.1, 0.15) is 5.82 Å². The Morgan fingerprint density at radius 3 is 2.86 bits per heavy atom. The van der Waals surface area contributed by atoms with Crippen LogP contribution in [0.4, 0.5) is 5.82 Å². The molecule has 0 radical (unpaired) electrons. The summed E-state index contributed by atoms with van der Waals surface area (Å²) < 4.78 is 0. The first-order valence-electron chi connectivity index (χ1n) is 8.04. The first kappa shape index (κ1) is 13.6. The fourth-order valence-corrected chi connectivity index (χ4v) is 3.95. The lowest BCUT2D eigenvalue weighted by molar-refractivity contribution is -0.143. The van der Waals surface area contributed by atoms with Gasteiger partial charge in [0.15, 0.2) is 0 Å². The van der Waals surface area contributed by atoms with Gasteiger partial charge in [-0.05, 0) is 37.5 Å². The minimum atomic E-state index is -0.180. The molecule has 2 aromatic rings. The number of benzene rings is 1. The average Bonchev–Trinajstić information content (AvgIpc) is 2.97. The van der Waals surface area contributed by atoms with Gasteiger partial charge in [0.2, 0.25) is 5.91 Å². The minimum absolute atomic E-state index is 0.180. The van der Waals surface area contributed by atoms with E-state index in [2.05, 4.69) is 23.1 Å². The van der Waals surface area contributed by atoms with Crippen molar-refractivity contribution < 1.29 is 4.79 Å². The number of carbonyl (C=O) groups excluding carboxylic acids is 1. The molecule has 2 saturated heterocycles. The highest BCUT2D eigenvalue weighted by Gasteiger charge is 2.47. The molecule has 1 aromatic heterocycles. The van der Waals surface area contributed by atoms with Crippen molar-refractivity contribution in [3.8, 4) is 0 Å². The highest BCUT2D eigenvalue weighted by molar-refractivity contribution is 5.85. The van der Waals surface area contributed by atoms with Crippen LogP contribution < -0.4 is 4.90 Å². The summed E-state index contributed by atoms with van der Waals surface area (Å²) in [6.07, 6.45) is 3.08. The zero-order valence-electron chi connectivity index (χ0n) is 13.0. The van der Waals surface area contributed by atoms with Gasteiger partial charge in [-0.2, -0.15) is 0 Å². The van der Waals surface area contributed by atoms with Crippen molar-refractivity contribution in [3.05, 3.63) is 36.4 Å². The smallest absolute Gasteiger partial charge is 0.230 e. The molecule has 0 bridgehead atoms. The molecule has 22 heavy (non-hydrogen) atoms. The van der Waals surface area contributed by atoms with Crippen molar-refractivity contribution in [3.63, 3.8) is 0 Å². The van der Waals surface area contributed by atoms with Crippen molar-refractivity contribution in [2.75, 3.05) is 31.6 Å². The van der Waals surface area contributed by atoms with Crippen LogP contribution in [-0.2, 0) is 4.79 Å². The van der Waals surface area contributed by atoms with E-state index < -0.39 is 0 Å². The van der Waals surface area contributed by atoms with Gasteiger partial charge in [-0.25, -0.2) is 4.98 Å². The van der Waals surface area contributed by atoms with Crippen molar-refractivity contribution in [1.29, 1.82) is 0 Å². The van der Waals surface area contributed by atoms with Crippen molar-refractivity contribution in [1.82, 2.24) is 9.88 Å². The molecular weight excluding hydrogens is 274 g/mol. The molecule has 1 spiro atoms. The van der Waals surface area contributed by atoms with Gasteiger partial charge in [0.25, 0.3) is 0 Å². The quantitative estimate of drug-likeness (QED) is 0.811. The van der Waals surface area contributed by atoms with Gasteiger partial charge in [-0.1, -0.05) is 18.2 Å². The number of amides is 1. The van der Waals surface area contributed by atoms with Crippen LogP contribution in [0, 0.1) is 5.41 Å². The molecule has 114 valence electrons. The third-order valence-electron chi connectivity index (χ3n) is 5.21. The summed E-state index contributed by atoms with van der Waals surface area (Å²) in [7, 11) is 1.93. The molecule has 4 heteroatoms. The molecule has 3 heterocycles. The van der Waals surface area contributed by atoms with E-state index >= 15 is 0 Å². The van der Waals surface area contributed by atoms with Crippen LogP contribution in [0.15, 0.2) is 36.4 Å². The standard InChI is InChI=1S/C18H21N3O/c1-20-11-4-9-18(17(20)22)10-12-21(13-18)16-8-7-14-5-2-3-6-15(14)19-16/h2-3,5-8H,4,9-13H2,1H3. The van der Waals surface area contributed by atoms with E-state index in [-0.39, 0.29) is 5.41 Å². The van der Waals surface area contributed by atoms with Gasteiger partial charge in [-0.3, -0.25) is 4.79 Å². The highest BCUT2D eigenvalue weighted by atomic mass is 16.2. The predicted octanol–water partition coefficient (Wildman–Crippen LogP) is 2.68. The van der Waals surface area contributed by atoms with Gasteiger partial charge in [0.05, 0.1) is 10.9 Å². The van der Waals surface area contributed by atoms with E-state index in [1.54, 1.807) is 0 Å². The lowest BCUT2D eigenvalue weighted by atomic mass is 9.78. The second-order valence-electron chi connectivity index (χ2n) is 6.64. The Bertz CT molecular complexity index is 729. The number of fused-ring (bicyclic) bond motifs is 1. The van der Waals surface area contributed by atoms with Crippen LogP contribution in [0.1, 0.15) is 19.3 Å². The Labute approximate surface area is 130 Å². The molecule has 0 saturated carbocycles. The first-order chi connectivity index (χ1) is 10.7. The topological polar surface area (TPSA) is 36.4 Å². The average molecular weight is 295 g/mol. The third-order valence-corrected chi connectivity index (χ3v) is 5.21. The highest BCUT2D eigenvalue weighted by Crippen LogP contribution is 2.41. The van der Waals surface area contributed by atoms with E-state index in [9.17, 15) is 4.79 Å². The number of aromatic nitrogens is 1. The Kier molecular flexibility index (Phi) is 3.06. The number of anilines is 1. The summed E-state index contributed by atoms with van der Waals surface area (Å²) >= 11 is 0. The van der Waals surface area contributed by atoms with E-state index in [1.165, 1.54) is 0 Å². The zero-order chi connectivity index (χ0) is 15.2. The number of carbonyl (C=O) groups is 1. The number of hydrogen-bond donors (Lipinski definition) is 0. The number of pyridine rings is 1. The Balaban J connectivity index is 1.62. The van der Waals surface area contributed by atoms with Crippen molar-refractivity contribution >= 4 is 22.6 Å². The van der Waals surface area contributed by atoms with Crippen LogP contribution in [0.5, 0.6) is 0 Å². The first-order valence-corrected chi connectivity index (χ1v) is 8.04. The Morgan fingerprint density at radius 2 is 1.95 bits per heavy atom. The fourth-order valence-electron chi connectivity index (χ4n) is 3.95. The second kappa shape index (κ2) is 4.97. The Morgan fingerprint density at radius 1 is 1.09 bits per heavy atom. The summed E-state index contributed by atoms with van der Waals surface area (Å²) in [6, 6.07) is 12.4. The van der Waals surface area contributed by atoms with E-state index in [4.69, 9.17) is 4.98 Å². The second-order valence-corrected chi connectivity index (χ2v) is 6.64. The summed E-state index contributed by atoms with van der Waals surface area (Å²) in [5, 5.41) is 1.16. The lowest BCUT2D eigenvalue weighted by Gasteiger charge is -2.37. The molecular formula is C18H21N3O. The van der Waals surface area contributed by atoms with E-state index in [0.29, 0.717) is 5.91 Å². The summed E-state index contributed by atoms with van der Waals surface area (Å²) in [5.74, 6) is 1.32. The molecule has 1 unspecified atom stereocenters. The molecule has 0 N–H and O–H groups in total. The largest absolute Gasteiger partial charge is 0.355 e. The number of nitrogens with zero attached hydrogens (tertiary/aromatic N) is 3. The van der Waals surface area contributed by atoms with E-state index in [0.717, 1.165) is 55.6 Å². The third kappa shape index (κ3) is 2.05. The predicted molar refractivity (Wildman–Crippen MR) is 87.9 cm³/mol. The molecule has 2 fully saturated rings. The van der Waals surface area contributed by atoms with Crippen LogP contribution in [0.3, 0.4) is 0 Å². The molecule has 1 aromatic carbocycles. The monoisotopic (exact) mass is 295 g/mol. The minimum Gasteiger partial charge on any atom is -0.355 e. The SMILES string of the molecule is CN1CCCC2(CCN(c3ccc4ccccc4n3)C2)C1=O. The Hall–Kier alpha value is -2.10. The molecule has 1 atom stereocenters. The normalized spacial score (nSPS) is 25.4. The van der Waals surface area contributed by atoms with E-state index in [1.807, 2.05) is 30.1 Å². The van der Waals surface area contributed by atoms with Crippen molar-refractivity contribution in [2.45, 2.75) is 19.3 Å². The molecule has 4 nitrogen and oxygen atoms in total. The van der Waals surface area contributed by atoms with Gasteiger partial charge < -0.3 is 9.80 Å². The number of likely N-dealkylation sites (tertiary alicyclic amines) is 1. The zero-order valence-corrected chi connectivity index (χ0v) is 13.0. The molecule has 0 aliphatic carbocycles. The molecule has 4 rings (SSSR count). The fraction of sp³-hybridized carbons (Fsp3) is 0.444. The number of piperidine rings is 1. The van der Waals surface area contributed by atoms with Gasteiger partial charge in [0, 0.05) is 32.1 Å². The number of rotatable bonds is 1. The molecule has 2 aliphatic heterocycles. The van der Waals surface area contributed by atoms with Crippen LogP contribution in [-0.4, -0.2) is 42.5 Å². The number of hydrogen-bond acceptors (Lipinski definition) is 3. The summed E-state index contributed by atoms with van der Waals surface area (Å²) in [5.41, 5.74) is 0.841. The molecule has 1 amide bonds. The number of para-hydroxylation sites is 1. The van der Waals surface area contributed by atoms with Crippen LogP contribution in [0.25, 0.3) is 10.9 Å². The molecule has 2 aliphatic rings. The van der Waals surface area contributed by atoms with Crippen LogP contribution >= 0.6 is 0 Å².